The van der Waals surface area contributed by atoms with Gasteiger partial charge in [-0.1, -0.05) is 6.58 Å². The third-order valence-electron chi connectivity index (χ3n) is 2.15. The Kier molecular flexibility index (Phi) is 7.78. The first-order valence-corrected chi connectivity index (χ1v) is 6.00. The number of alkyl halides is 1. The summed E-state index contributed by atoms with van der Waals surface area (Å²) in [7, 11) is 0. The Hall–Kier alpha value is -1.56. The molecule has 1 atom stereocenters. The Balaban J connectivity index is 4.24. The monoisotopic (exact) mass is 275 g/mol. The first kappa shape index (κ1) is 16.4. The summed E-state index contributed by atoms with van der Waals surface area (Å²) in [6.07, 6.45) is 0.401. The Bertz CT molecular complexity index is 344. The SMILES string of the molecule is C=C(C)C(=O)NCCC(NC(N)=O)C(=O)CCCl. The van der Waals surface area contributed by atoms with Crippen molar-refractivity contribution < 1.29 is 14.4 Å². The number of hydrogen-bond donors (Lipinski definition) is 3. The highest BCUT2D eigenvalue weighted by Crippen LogP contribution is 1.99. The largest absolute Gasteiger partial charge is 0.352 e. The average molecular weight is 276 g/mol. The van der Waals surface area contributed by atoms with Crippen molar-refractivity contribution in [2.45, 2.75) is 25.8 Å². The third-order valence-corrected chi connectivity index (χ3v) is 2.34. The number of hydrogen-bond acceptors (Lipinski definition) is 3. The van der Waals surface area contributed by atoms with Gasteiger partial charge in [-0.3, -0.25) is 9.59 Å². The fourth-order valence-electron chi connectivity index (χ4n) is 1.23. The van der Waals surface area contributed by atoms with Gasteiger partial charge in [0, 0.05) is 24.4 Å². The number of Topliss-reactive ketones (excluding diaryl/α,β-unsaturated/α-hetero) is 1. The Morgan fingerprint density at radius 2 is 2.00 bits per heavy atom. The highest BCUT2D eigenvalue weighted by atomic mass is 35.5. The van der Waals surface area contributed by atoms with E-state index >= 15 is 0 Å². The summed E-state index contributed by atoms with van der Waals surface area (Å²) >= 11 is 5.46. The number of carbonyl (C=O) groups is 3. The van der Waals surface area contributed by atoms with Crippen LogP contribution in [-0.2, 0) is 9.59 Å². The van der Waals surface area contributed by atoms with Crippen LogP contribution in [0.1, 0.15) is 19.8 Å². The van der Waals surface area contributed by atoms with E-state index in [4.69, 9.17) is 17.3 Å². The van der Waals surface area contributed by atoms with Crippen LogP contribution < -0.4 is 16.4 Å². The van der Waals surface area contributed by atoms with Gasteiger partial charge in [-0.15, -0.1) is 11.6 Å². The van der Waals surface area contributed by atoms with Crippen LogP contribution in [0.2, 0.25) is 0 Å². The zero-order chi connectivity index (χ0) is 14.1. The molecule has 7 heteroatoms. The number of nitrogens with two attached hydrogens (primary N) is 1. The maximum absolute atomic E-state index is 11.6. The summed E-state index contributed by atoms with van der Waals surface area (Å²) in [5.41, 5.74) is 5.35. The van der Waals surface area contributed by atoms with Crippen LogP contribution in [0.3, 0.4) is 0 Å². The standard InChI is InChI=1S/C11H18ClN3O3/c1-7(2)10(17)14-6-4-8(15-11(13)18)9(16)3-5-12/h8H,1,3-6H2,2H3,(H,14,17)(H3,13,15,18). The van der Waals surface area contributed by atoms with Crippen LogP contribution in [0.5, 0.6) is 0 Å². The molecular weight excluding hydrogens is 258 g/mol. The predicted molar refractivity (Wildman–Crippen MR) is 69.3 cm³/mol. The highest BCUT2D eigenvalue weighted by Gasteiger charge is 2.18. The summed E-state index contributed by atoms with van der Waals surface area (Å²) < 4.78 is 0. The fourth-order valence-corrected chi connectivity index (χ4v) is 1.42. The van der Waals surface area contributed by atoms with Crippen LogP contribution >= 0.6 is 11.6 Å². The van der Waals surface area contributed by atoms with E-state index in [2.05, 4.69) is 17.2 Å². The Labute approximate surface area is 111 Å². The lowest BCUT2D eigenvalue weighted by Gasteiger charge is -2.16. The van der Waals surface area contributed by atoms with Gasteiger partial charge in [-0.25, -0.2) is 4.79 Å². The smallest absolute Gasteiger partial charge is 0.312 e. The van der Waals surface area contributed by atoms with Gasteiger partial charge in [-0.05, 0) is 13.3 Å². The highest BCUT2D eigenvalue weighted by molar-refractivity contribution is 6.19. The molecule has 102 valence electrons. The van der Waals surface area contributed by atoms with Gasteiger partial charge in [0.25, 0.3) is 0 Å². The first-order chi connectivity index (χ1) is 8.38. The lowest BCUT2D eigenvalue weighted by molar-refractivity contribution is -0.121. The van der Waals surface area contributed by atoms with E-state index in [1.807, 2.05) is 0 Å². The molecular formula is C11H18ClN3O3. The number of amides is 3. The molecule has 3 amide bonds. The zero-order valence-electron chi connectivity index (χ0n) is 10.3. The molecule has 0 aliphatic heterocycles. The third kappa shape index (κ3) is 6.90. The van der Waals surface area contributed by atoms with Gasteiger partial charge in [0.2, 0.25) is 5.91 Å². The van der Waals surface area contributed by atoms with E-state index in [0.717, 1.165) is 0 Å². The number of primary amides is 1. The molecule has 0 bridgehead atoms. The molecule has 0 rings (SSSR count). The molecule has 0 saturated carbocycles. The predicted octanol–water partition coefficient (Wildman–Crippen LogP) is 0.304. The summed E-state index contributed by atoms with van der Waals surface area (Å²) in [5, 5.41) is 4.89. The van der Waals surface area contributed by atoms with Gasteiger partial charge < -0.3 is 16.4 Å². The number of nitrogens with one attached hydrogen (secondary N) is 2. The van der Waals surface area contributed by atoms with E-state index in [0.29, 0.717) is 5.57 Å². The van der Waals surface area contributed by atoms with Crippen molar-refractivity contribution in [3.63, 3.8) is 0 Å². The normalized spacial score (nSPS) is 11.4. The van der Waals surface area contributed by atoms with Gasteiger partial charge in [0.05, 0.1) is 6.04 Å². The Morgan fingerprint density at radius 3 is 2.44 bits per heavy atom. The number of carbonyl (C=O) groups excluding carboxylic acids is 3. The minimum absolute atomic E-state index is 0.140. The molecule has 1 unspecified atom stereocenters. The molecule has 0 spiro atoms. The number of urea groups is 1. The van der Waals surface area contributed by atoms with Crippen molar-refractivity contribution in [2.24, 2.45) is 5.73 Å². The van der Waals surface area contributed by atoms with Crippen LogP contribution in [0.25, 0.3) is 0 Å². The molecule has 0 aliphatic carbocycles. The number of rotatable bonds is 8. The van der Waals surface area contributed by atoms with E-state index in [-0.39, 0.29) is 37.0 Å². The number of halogens is 1. The number of ketones is 1. The quantitative estimate of drug-likeness (QED) is 0.439. The topological polar surface area (TPSA) is 101 Å². The van der Waals surface area contributed by atoms with Gasteiger partial charge in [0.1, 0.15) is 0 Å². The van der Waals surface area contributed by atoms with Crippen LogP contribution in [0, 0.1) is 0 Å². The average Bonchev–Trinajstić information content (AvgIpc) is 2.27. The maximum atomic E-state index is 11.6. The molecule has 0 aromatic rings. The van der Waals surface area contributed by atoms with Crippen LogP contribution in [-0.4, -0.2) is 36.2 Å². The lowest BCUT2D eigenvalue weighted by atomic mass is 10.1. The minimum Gasteiger partial charge on any atom is -0.352 e. The minimum atomic E-state index is -0.783. The molecule has 18 heavy (non-hydrogen) atoms. The molecule has 0 aromatic heterocycles. The van der Waals surface area contributed by atoms with E-state index < -0.39 is 12.1 Å². The molecule has 0 radical (unpaired) electrons. The zero-order valence-corrected chi connectivity index (χ0v) is 11.0. The van der Waals surface area contributed by atoms with E-state index in [1.54, 1.807) is 6.92 Å². The van der Waals surface area contributed by atoms with Crippen molar-refractivity contribution in [1.29, 1.82) is 0 Å². The summed E-state index contributed by atoms with van der Waals surface area (Å²) in [5.74, 6) is -0.334. The van der Waals surface area contributed by atoms with Crippen LogP contribution in [0.4, 0.5) is 4.79 Å². The Morgan fingerprint density at radius 1 is 1.39 bits per heavy atom. The van der Waals surface area contributed by atoms with Crippen molar-refractivity contribution >= 4 is 29.3 Å². The van der Waals surface area contributed by atoms with Gasteiger partial charge in [0.15, 0.2) is 5.78 Å². The van der Waals surface area contributed by atoms with Gasteiger partial charge >= 0.3 is 6.03 Å². The van der Waals surface area contributed by atoms with Crippen LogP contribution in [0.15, 0.2) is 12.2 Å². The van der Waals surface area contributed by atoms with Crippen molar-refractivity contribution in [2.75, 3.05) is 12.4 Å². The maximum Gasteiger partial charge on any atom is 0.312 e. The van der Waals surface area contributed by atoms with Gasteiger partial charge in [-0.2, -0.15) is 0 Å². The molecule has 6 nitrogen and oxygen atoms in total. The van der Waals surface area contributed by atoms with E-state index in [1.165, 1.54) is 0 Å². The second kappa shape index (κ2) is 8.52. The first-order valence-electron chi connectivity index (χ1n) is 5.46. The van der Waals surface area contributed by atoms with Crippen molar-refractivity contribution in [1.82, 2.24) is 10.6 Å². The summed E-state index contributed by atoms with van der Waals surface area (Å²) in [6.45, 7) is 5.30. The fraction of sp³-hybridized carbons (Fsp3) is 0.545. The summed E-state index contributed by atoms with van der Waals surface area (Å²) in [6, 6.07) is -1.51. The second-order valence-electron chi connectivity index (χ2n) is 3.79. The second-order valence-corrected chi connectivity index (χ2v) is 4.17. The molecule has 0 aromatic carbocycles. The van der Waals surface area contributed by atoms with E-state index in [9.17, 15) is 14.4 Å². The lowest BCUT2D eigenvalue weighted by Crippen LogP contribution is -2.45. The van der Waals surface area contributed by atoms with Crippen molar-refractivity contribution in [3.8, 4) is 0 Å². The van der Waals surface area contributed by atoms with Crippen molar-refractivity contribution in [3.05, 3.63) is 12.2 Å². The molecule has 0 heterocycles. The molecule has 0 aliphatic rings. The molecule has 0 fully saturated rings. The summed E-state index contributed by atoms with van der Waals surface area (Å²) in [4.78, 5) is 33.6. The molecule has 0 saturated heterocycles. The molecule has 4 N–H and O–H groups in total.